The van der Waals surface area contributed by atoms with Gasteiger partial charge in [0, 0.05) is 41.6 Å². The van der Waals surface area contributed by atoms with E-state index >= 15 is 0 Å². The van der Waals surface area contributed by atoms with Gasteiger partial charge in [0.05, 0.1) is 12.7 Å². The van der Waals surface area contributed by atoms with Crippen molar-refractivity contribution in [3.63, 3.8) is 0 Å². The Morgan fingerprint density at radius 3 is 2.52 bits per heavy atom. The number of carbonyl (C=O) groups excluding carboxylic acids is 2. The lowest BCUT2D eigenvalue weighted by molar-refractivity contribution is -0.122. The number of ether oxygens (including phenoxy) is 1. The Morgan fingerprint density at radius 2 is 1.77 bits per heavy atom. The van der Waals surface area contributed by atoms with Crippen molar-refractivity contribution in [2.24, 2.45) is 5.92 Å². The van der Waals surface area contributed by atoms with Crippen LogP contribution in [0.2, 0.25) is 10.0 Å². The van der Waals surface area contributed by atoms with Gasteiger partial charge in [0.2, 0.25) is 11.9 Å². The Morgan fingerprint density at radius 1 is 0.977 bits per heavy atom. The van der Waals surface area contributed by atoms with Crippen LogP contribution in [0.1, 0.15) is 60.0 Å². The molecule has 1 aliphatic carbocycles. The molecule has 3 N–H and O–H groups in total. The summed E-state index contributed by atoms with van der Waals surface area (Å²) in [6, 6.07) is 17.6. The predicted octanol–water partition coefficient (Wildman–Crippen LogP) is 7.04. The van der Waals surface area contributed by atoms with Crippen LogP contribution in [-0.2, 0) is 22.6 Å². The molecular weight excluding hydrogens is 599 g/mol. The van der Waals surface area contributed by atoms with E-state index in [4.69, 9.17) is 37.9 Å². The van der Waals surface area contributed by atoms with Crippen molar-refractivity contribution in [1.29, 1.82) is 0 Å². The lowest BCUT2D eigenvalue weighted by atomic mass is 9.84. The number of hydrogen-bond donors (Lipinski definition) is 3. The summed E-state index contributed by atoms with van der Waals surface area (Å²) >= 11 is 12.4. The minimum Gasteiger partial charge on any atom is -0.465 e. The first-order valence-corrected chi connectivity index (χ1v) is 15.6. The van der Waals surface area contributed by atoms with E-state index in [1.165, 1.54) is 26.4 Å². The summed E-state index contributed by atoms with van der Waals surface area (Å²) < 4.78 is 6.73. The Kier molecular flexibility index (Phi) is 10.7. The minimum absolute atomic E-state index is 0.128. The molecule has 0 saturated heterocycles. The van der Waals surface area contributed by atoms with E-state index in [2.05, 4.69) is 16.0 Å². The molecule has 0 spiro atoms. The fourth-order valence-electron chi connectivity index (χ4n) is 5.45. The van der Waals surface area contributed by atoms with Crippen LogP contribution in [0, 0.1) is 5.92 Å². The highest BCUT2D eigenvalue weighted by Gasteiger charge is 2.25. The quantitative estimate of drug-likeness (QED) is 0.143. The van der Waals surface area contributed by atoms with Gasteiger partial charge >= 0.3 is 5.97 Å². The molecule has 0 unspecified atom stereocenters. The molecule has 0 radical (unpaired) electrons. The molecule has 2 aromatic heterocycles. The topological polar surface area (TPSA) is 110 Å². The van der Waals surface area contributed by atoms with Crippen molar-refractivity contribution < 1.29 is 14.3 Å². The van der Waals surface area contributed by atoms with Gasteiger partial charge in [0.25, 0.3) is 0 Å². The number of methoxy groups -OCH3 is 1. The Balaban J connectivity index is 1.37. The zero-order chi connectivity index (χ0) is 30.9. The molecule has 9 nitrogen and oxygen atoms in total. The van der Waals surface area contributed by atoms with Gasteiger partial charge in [-0.15, -0.1) is 0 Å². The number of nitrogens with one attached hydrogen (secondary N) is 3. The molecule has 11 heteroatoms. The van der Waals surface area contributed by atoms with Gasteiger partial charge in [-0.1, -0.05) is 73.5 Å². The molecule has 1 atom stereocenters. The molecule has 0 bridgehead atoms. The third kappa shape index (κ3) is 8.51. The van der Waals surface area contributed by atoms with E-state index in [1.54, 1.807) is 30.3 Å². The fourth-order valence-corrected chi connectivity index (χ4v) is 5.93. The maximum atomic E-state index is 13.6. The average Bonchev–Trinajstić information content (AvgIpc) is 3.59. The third-order valence-electron chi connectivity index (χ3n) is 7.78. The summed E-state index contributed by atoms with van der Waals surface area (Å²) in [4.78, 5) is 35.1. The number of aromatic nitrogens is 3. The van der Waals surface area contributed by atoms with Crippen molar-refractivity contribution in [3.8, 4) is 5.82 Å². The fraction of sp³-hybridized carbons (Fsp3) is 0.333. The molecular formula is C33H36Cl2N6O3. The van der Waals surface area contributed by atoms with E-state index in [9.17, 15) is 9.59 Å². The van der Waals surface area contributed by atoms with Gasteiger partial charge in [0.1, 0.15) is 17.7 Å². The normalized spacial score (nSPS) is 14.1. The van der Waals surface area contributed by atoms with E-state index in [-0.39, 0.29) is 12.5 Å². The largest absolute Gasteiger partial charge is 0.465 e. The minimum atomic E-state index is -0.513. The smallest absolute Gasteiger partial charge is 0.337 e. The maximum absolute atomic E-state index is 13.6. The van der Waals surface area contributed by atoms with E-state index in [0.29, 0.717) is 52.1 Å². The van der Waals surface area contributed by atoms with Gasteiger partial charge in [-0.25, -0.2) is 4.79 Å². The van der Waals surface area contributed by atoms with Crippen LogP contribution in [-0.4, -0.2) is 39.6 Å². The lowest BCUT2D eigenvalue weighted by Gasteiger charge is -2.27. The second-order valence-electron chi connectivity index (χ2n) is 11.0. The molecule has 1 amide bonds. The van der Waals surface area contributed by atoms with Crippen molar-refractivity contribution in [2.75, 3.05) is 17.7 Å². The number of esters is 1. The lowest BCUT2D eigenvalue weighted by Crippen LogP contribution is -2.41. The summed E-state index contributed by atoms with van der Waals surface area (Å²) in [6.07, 6.45) is 10.3. The van der Waals surface area contributed by atoms with Crippen LogP contribution >= 0.6 is 23.2 Å². The summed E-state index contributed by atoms with van der Waals surface area (Å²) in [5.74, 6) is 1.46. The van der Waals surface area contributed by atoms with Gasteiger partial charge in [-0.2, -0.15) is 9.97 Å². The number of anilines is 2. The van der Waals surface area contributed by atoms with Gasteiger partial charge in [-0.05, 0) is 59.9 Å². The standard InChI is InChI=1S/C33H36Cl2N6O3/c1-44-32(43)24-11-7-10-23(16-24)20-37-33-39-29(19-30(40-33)41-14-5-6-15-41)38-28(17-22-8-3-2-4-9-22)31(42)36-21-25-12-13-26(34)18-27(25)35/h5-7,10-16,18-19,22,28H,2-4,8-9,17,20-21H2,1H3,(H,36,42)(H2,37,38,39,40)/t28-/m1/s1. The molecule has 2 heterocycles. The van der Waals surface area contributed by atoms with Crippen LogP contribution in [0.15, 0.2) is 73.1 Å². The number of amides is 1. The first-order chi connectivity index (χ1) is 21.4. The third-order valence-corrected chi connectivity index (χ3v) is 8.37. The highest BCUT2D eigenvalue weighted by Crippen LogP contribution is 2.29. The summed E-state index contributed by atoms with van der Waals surface area (Å²) in [5.41, 5.74) is 2.13. The molecule has 1 aliphatic rings. The van der Waals surface area contributed by atoms with E-state index < -0.39 is 12.0 Å². The van der Waals surface area contributed by atoms with Crippen molar-refractivity contribution in [2.45, 2.75) is 57.7 Å². The number of hydrogen-bond acceptors (Lipinski definition) is 7. The van der Waals surface area contributed by atoms with Crippen molar-refractivity contribution >= 4 is 46.8 Å². The Labute approximate surface area is 267 Å². The highest BCUT2D eigenvalue weighted by atomic mass is 35.5. The average molecular weight is 636 g/mol. The van der Waals surface area contributed by atoms with Crippen LogP contribution in [0.3, 0.4) is 0 Å². The van der Waals surface area contributed by atoms with E-state index in [1.807, 2.05) is 47.3 Å². The SMILES string of the molecule is COC(=O)c1cccc(CNc2nc(N[C@H](CC3CCCCC3)C(=O)NCc3ccc(Cl)cc3Cl)cc(-n3cccc3)n2)c1. The summed E-state index contributed by atoms with van der Waals surface area (Å²) in [7, 11) is 1.36. The Hall–Kier alpha value is -4.08. The van der Waals surface area contributed by atoms with Gasteiger partial charge < -0.3 is 25.3 Å². The van der Waals surface area contributed by atoms with Crippen molar-refractivity contribution in [3.05, 3.63) is 99.8 Å². The second-order valence-corrected chi connectivity index (χ2v) is 11.8. The number of carbonyl (C=O) groups is 2. The van der Waals surface area contributed by atoms with E-state index in [0.717, 1.165) is 24.0 Å². The zero-order valence-electron chi connectivity index (χ0n) is 24.6. The first kappa shape index (κ1) is 31.3. The monoisotopic (exact) mass is 634 g/mol. The van der Waals surface area contributed by atoms with Crippen LogP contribution < -0.4 is 16.0 Å². The first-order valence-electron chi connectivity index (χ1n) is 14.8. The van der Waals surface area contributed by atoms with Crippen LogP contribution in [0.4, 0.5) is 11.8 Å². The molecule has 4 aromatic rings. The number of rotatable bonds is 12. The second kappa shape index (κ2) is 15.1. The van der Waals surface area contributed by atoms with Gasteiger partial charge in [-0.3, -0.25) is 4.79 Å². The number of nitrogens with zero attached hydrogens (tertiary/aromatic N) is 3. The number of halogens is 2. The summed E-state index contributed by atoms with van der Waals surface area (Å²) in [5, 5.41) is 10.8. The summed E-state index contributed by atoms with van der Waals surface area (Å²) in [6.45, 7) is 0.667. The predicted molar refractivity (Wildman–Crippen MR) is 173 cm³/mol. The highest BCUT2D eigenvalue weighted by molar-refractivity contribution is 6.35. The maximum Gasteiger partial charge on any atom is 0.337 e. The molecule has 2 aromatic carbocycles. The zero-order valence-corrected chi connectivity index (χ0v) is 26.1. The molecule has 1 fully saturated rings. The van der Waals surface area contributed by atoms with Crippen LogP contribution in [0.5, 0.6) is 0 Å². The van der Waals surface area contributed by atoms with Gasteiger partial charge in [0.15, 0.2) is 0 Å². The number of benzene rings is 2. The molecule has 5 rings (SSSR count). The molecule has 0 aliphatic heterocycles. The Bertz CT molecular complexity index is 1570. The molecule has 230 valence electrons. The van der Waals surface area contributed by atoms with Crippen molar-refractivity contribution in [1.82, 2.24) is 19.9 Å². The van der Waals surface area contributed by atoms with Crippen LogP contribution in [0.25, 0.3) is 5.82 Å². The molecule has 44 heavy (non-hydrogen) atoms. The molecule has 1 saturated carbocycles.